The van der Waals surface area contributed by atoms with Gasteiger partial charge in [-0.2, -0.15) is 19.0 Å². The average molecular weight is 901 g/mol. The van der Waals surface area contributed by atoms with Crippen LogP contribution in [0.1, 0.15) is 65.1 Å². The number of amides is 1. The van der Waals surface area contributed by atoms with Crippen LogP contribution in [0.4, 0.5) is 36.4 Å². The van der Waals surface area contributed by atoms with Crippen LogP contribution >= 0.6 is 23.5 Å². The van der Waals surface area contributed by atoms with E-state index < -0.39 is 84.4 Å². The lowest BCUT2D eigenvalue weighted by Crippen LogP contribution is -2.38. The summed E-state index contributed by atoms with van der Waals surface area (Å²) in [7, 11) is 1.52. The molecule has 3 aromatic carbocycles. The molecule has 0 spiro atoms. The van der Waals surface area contributed by atoms with E-state index in [0.29, 0.717) is 28.6 Å². The van der Waals surface area contributed by atoms with E-state index in [1.54, 1.807) is 35.3 Å². The predicted molar refractivity (Wildman–Crippen MR) is 220 cm³/mol. The van der Waals surface area contributed by atoms with Gasteiger partial charge >= 0.3 is 0 Å². The van der Waals surface area contributed by atoms with Gasteiger partial charge in [-0.15, -0.1) is 0 Å². The lowest BCUT2D eigenvalue weighted by Gasteiger charge is -2.25. The highest BCUT2D eigenvalue weighted by Gasteiger charge is 2.67. The fraction of sp³-hybridized carbons (Fsp3) is 0.317. The SMILES string of the molecule is CNc1c(-n2c(C(Cc3cc(F)cc(F)c3)NC(=O)Cn3nc(C(F)F)c4c3C(F)(F)C3C[C@H]43)nc3cc(-c4ccn(CCCF)n4)ccc3c2=O)ccc(Cl)c1C(=N)NSC. The van der Waals surface area contributed by atoms with Crippen molar-refractivity contribution in [2.75, 3.05) is 25.3 Å². The lowest BCUT2D eigenvalue weighted by atomic mass is 10.0. The number of carbonyl (C=O) groups is 1. The molecular weight excluding hydrogens is 865 g/mol. The Hall–Kier alpha value is -5.89. The highest BCUT2D eigenvalue weighted by Crippen LogP contribution is 2.68. The molecule has 2 aliphatic carbocycles. The summed E-state index contributed by atoms with van der Waals surface area (Å²) in [5, 5.41) is 22.9. The molecule has 1 amide bonds. The van der Waals surface area contributed by atoms with Gasteiger partial charge in [0.2, 0.25) is 5.91 Å². The van der Waals surface area contributed by atoms with Gasteiger partial charge < -0.3 is 15.4 Å². The van der Waals surface area contributed by atoms with Gasteiger partial charge in [0.25, 0.3) is 17.9 Å². The van der Waals surface area contributed by atoms with Crippen molar-refractivity contribution >= 4 is 51.9 Å². The fourth-order valence-corrected chi connectivity index (χ4v) is 8.78. The molecule has 2 unspecified atom stereocenters. The zero-order valence-electron chi connectivity index (χ0n) is 32.8. The number of nitrogens with zero attached hydrogens (tertiary/aromatic N) is 6. The molecule has 1 fully saturated rings. The maximum atomic E-state index is 15.5. The molecule has 3 atom stereocenters. The molecule has 2 aliphatic rings. The highest BCUT2D eigenvalue weighted by atomic mass is 35.5. The van der Waals surface area contributed by atoms with Crippen LogP contribution in [0.15, 0.2) is 65.6 Å². The van der Waals surface area contributed by atoms with Gasteiger partial charge in [-0.3, -0.25) is 33.3 Å². The minimum atomic E-state index is -3.53. The van der Waals surface area contributed by atoms with Gasteiger partial charge in [0.1, 0.15) is 41.2 Å². The van der Waals surface area contributed by atoms with Gasteiger partial charge in [-0.25, -0.2) is 22.5 Å². The summed E-state index contributed by atoms with van der Waals surface area (Å²) in [5.41, 5.74) is -1.15. The summed E-state index contributed by atoms with van der Waals surface area (Å²) in [6.45, 7) is -1.20. The van der Waals surface area contributed by atoms with Gasteiger partial charge in [-0.05, 0) is 66.8 Å². The summed E-state index contributed by atoms with van der Waals surface area (Å²) >= 11 is 7.73. The first kappa shape index (κ1) is 42.8. The molecule has 0 aliphatic heterocycles. The molecule has 3 aromatic heterocycles. The quantitative estimate of drug-likeness (QED) is 0.0349. The van der Waals surface area contributed by atoms with Crippen molar-refractivity contribution in [1.29, 1.82) is 5.41 Å². The van der Waals surface area contributed by atoms with Crippen molar-refractivity contribution in [1.82, 2.24) is 39.2 Å². The number of benzene rings is 3. The van der Waals surface area contributed by atoms with Crippen molar-refractivity contribution in [2.45, 2.75) is 56.7 Å². The van der Waals surface area contributed by atoms with Crippen LogP contribution in [-0.4, -0.2) is 60.8 Å². The Balaban J connectivity index is 1.32. The zero-order valence-corrected chi connectivity index (χ0v) is 34.3. The second-order valence-corrected chi connectivity index (χ2v) is 15.9. The van der Waals surface area contributed by atoms with Crippen molar-refractivity contribution in [3.05, 3.63) is 122 Å². The molecule has 0 bridgehead atoms. The number of hydrogen-bond donors (Lipinski definition) is 4. The van der Waals surface area contributed by atoms with Crippen LogP contribution in [-0.2, 0) is 30.2 Å². The third-order valence-corrected chi connectivity index (χ3v) is 11.6. The maximum absolute atomic E-state index is 15.5. The van der Waals surface area contributed by atoms with Gasteiger partial charge in [0.15, 0.2) is 0 Å². The number of aromatic nitrogens is 6. The molecule has 3 heterocycles. The Morgan fingerprint density at radius 3 is 2.53 bits per heavy atom. The van der Waals surface area contributed by atoms with Crippen LogP contribution < -0.4 is 20.9 Å². The Kier molecular flexibility index (Phi) is 11.6. The van der Waals surface area contributed by atoms with E-state index in [9.17, 15) is 31.5 Å². The van der Waals surface area contributed by atoms with Crippen molar-refractivity contribution in [3.63, 3.8) is 0 Å². The Labute approximate surface area is 357 Å². The molecule has 62 heavy (non-hydrogen) atoms. The number of fused-ring (bicyclic) bond motifs is 4. The molecule has 12 nitrogen and oxygen atoms in total. The lowest BCUT2D eigenvalue weighted by molar-refractivity contribution is -0.123. The van der Waals surface area contributed by atoms with Crippen LogP contribution in [0.2, 0.25) is 5.02 Å². The number of amidine groups is 1. The van der Waals surface area contributed by atoms with Crippen LogP contribution in [0.3, 0.4) is 0 Å². The summed E-state index contributed by atoms with van der Waals surface area (Å²) in [5.74, 6) is -8.86. The largest absolute Gasteiger partial charge is 0.386 e. The third kappa shape index (κ3) is 7.77. The molecule has 324 valence electrons. The molecule has 0 saturated heterocycles. The first-order valence-electron chi connectivity index (χ1n) is 19.2. The number of anilines is 1. The standard InChI is InChI=1S/C41H36ClF7N10O2S/c1-51-34-30(7-6-26(42)33(34)38(50)56-62-2)59-39(53-28-15-20(4-5-23(28)40(59)61)27-8-11-57(54-27)10-3-9-43)29(14-19-12-21(44)16-22(45)13-19)52-31(60)18-58-36-32(35(55-58)37(46)47)24-17-25(24)41(36,48)49/h4-8,11-13,15-16,24-25,29,37,51H,3,9-10,14,17-18H2,1-2H3,(H2,50,56)(H,52,60)/t24-,25?,29?/m0/s1. The summed E-state index contributed by atoms with van der Waals surface area (Å²) < 4.78 is 108. The van der Waals surface area contributed by atoms with Crippen LogP contribution in [0, 0.1) is 23.0 Å². The normalized spacial score (nSPS) is 16.6. The van der Waals surface area contributed by atoms with E-state index in [1.165, 1.54) is 25.2 Å². The molecule has 1 saturated carbocycles. The number of hydrogen-bond acceptors (Lipinski definition) is 8. The number of rotatable bonds is 15. The van der Waals surface area contributed by atoms with Gasteiger partial charge in [0.05, 0.1) is 51.3 Å². The minimum absolute atomic E-state index is 0.00558. The monoisotopic (exact) mass is 900 g/mol. The Bertz CT molecular complexity index is 2790. The number of carbonyl (C=O) groups excluding carboxylic acids is 1. The maximum Gasteiger partial charge on any atom is 0.293 e. The first-order chi connectivity index (χ1) is 29.6. The molecule has 21 heteroatoms. The van der Waals surface area contributed by atoms with Crippen molar-refractivity contribution < 1.29 is 35.5 Å². The van der Waals surface area contributed by atoms with Crippen molar-refractivity contribution in [2.24, 2.45) is 5.92 Å². The molecule has 4 N–H and O–H groups in total. The topological polar surface area (TPSA) is 148 Å². The first-order valence-corrected chi connectivity index (χ1v) is 20.8. The number of alkyl halides is 5. The van der Waals surface area contributed by atoms with Crippen LogP contribution in [0.25, 0.3) is 27.8 Å². The van der Waals surface area contributed by atoms with E-state index in [-0.39, 0.29) is 68.5 Å². The Morgan fingerprint density at radius 2 is 1.84 bits per heavy atom. The second kappa shape index (κ2) is 16.8. The molecular formula is C41H36ClF7N10O2S. The molecule has 8 rings (SSSR count). The predicted octanol–water partition coefficient (Wildman–Crippen LogP) is 8.22. The second-order valence-electron chi connectivity index (χ2n) is 14.9. The van der Waals surface area contributed by atoms with E-state index in [4.69, 9.17) is 22.0 Å². The highest BCUT2D eigenvalue weighted by molar-refractivity contribution is 7.97. The van der Waals surface area contributed by atoms with Gasteiger partial charge in [0, 0.05) is 55.6 Å². The summed E-state index contributed by atoms with van der Waals surface area (Å²) in [6.07, 6.45) is -0.0419. The summed E-state index contributed by atoms with van der Waals surface area (Å²) in [4.78, 5) is 34.0. The van der Waals surface area contributed by atoms with E-state index >= 15 is 8.78 Å². The fourth-order valence-electron chi connectivity index (χ4n) is 8.22. The average Bonchev–Trinajstić information content (AvgIpc) is 3.62. The van der Waals surface area contributed by atoms with E-state index in [0.717, 1.165) is 28.6 Å². The number of nitrogens with one attached hydrogen (secondary N) is 4. The smallest absolute Gasteiger partial charge is 0.293 e. The Morgan fingerprint density at radius 1 is 1.08 bits per heavy atom. The number of aryl methyl sites for hydroxylation is 1. The molecule has 0 radical (unpaired) electrons. The minimum Gasteiger partial charge on any atom is -0.386 e. The van der Waals surface area contributed by atoms with Crippen LogP contribution in [0.5, 0.6) is 0 Å². The molecule has 6 aromatic rings. The zero-order chi connectivity index (χ0) is 44.2. The third-order valence-electron chi connectivity index (χ3n) is 10.9. The summed E-state index contributed by atoms with van der Waals surface area (Å²) in [6, 6.07) is 10.4. The van der Waals surface area contributed by atoms with E-state index in [1.807, 2.05) is 0 Å². The van der Waals surface area contributed by atoms with E-state index in [2.05, 4.69) is 25.6 Å². The number of halogens is 8. The van der Waals surface area contributed by atoms with Gasteiger partial charge in [-0.1, -0.05) is 29.6 Å². The van der Waals surface area contributed by atoms with Crippen molar-refractivity contribution in [3.8, 4) is 16.9 Å².